The van der Waals surface area contributed by atoms with Gasteiger partial charge in [0.15, 0.2) is 5.13 Å². The zero-order valence-corrected chi connectivity index (χ0v) is 20.5. The van der Waals surface area contributed by atoms with E-state index in [2.05, 4.69) is 10.3 Å². The van der Waals surface area contributed by atoms with Gasteiger partial charge in [-0.1, -0.05) is 48.0 Å². The number of piperidine rings is 1. The first kappa shape index (κ1) is 23.2. The van der Waals surface area contributed by atoms with Gasteiger partial charge in [0.05, 0.1) is 11.6 Å². The van der Waals surface area contributed by atoms with E-state index in [1.807, 2.05) is 71.8 Å². The second-order valence-electron chi connectivity index (χ2n) is 9.23. The number of hydrogen-bond acceptors (Lipinski definition) is 5. The number of hydrogen-bond donors (Lipinski definition) is 1. The van der Waals surface area contributed by atoms with Crippen molar-refractivity contribution in [1.82, 2.24) is 9.88 Å². The fourth-order valence-electron chi connectivity index (χ4n) is 4.75. The molecule has 2 aliphatic rings. The maximum absolute atomic E-state index is 13.1. The van der Waals surface area contributed by atoms with Gasteiger partial charge in [-0.2, -0.15) is 0 Å². The maximum atomic E-state index is 13.1. The van der Waals surface area contributed by atoms with Gasteiger partial charge >= 0.3 is 0 Å². The summed E-state index contributed by atoms with van der Waals surface area (Å²) in [7, 11) is 0. The summed E-state index contributed by atoms with van der Waals surface area (Å²) in [4.78, 5) is 46.6. The number of carbonyl (C=O) groups is 3. The largest absolute Gasteiger partial charge is 0.342 e. The Balaban J connectivity index is 1.13. The van der Waals surface area contributed by atoms with Gasteiger partial charge in [-0.15, -0.1) is 11.3 Å². The Morgan fingerprint density at radius 3 is 2.43 bits per heavy atom. The predicted molar refractivity (Wildman–Crippen MR) is 137 cm³/mol. The van der Waals surface area contributed by atoms with Crippen LogP contribution in [-0.4, -0.2) is 47.2 Å². The summed E-state index contributed by atoms with van der Waals surface area (Å²) in [5.41, 5.74) is 3.83. The van der Waals surface area contributed by atoms with Crippen LogP contribution in [0.1, 0.15) is 24.8 Å². The Bertz CT molecular complexity index is 1220. The molecule has 2 saturated heterocycles. The molecule has 0 aliphatic carbocycles. The molecule has 1 aromatic heterocycles. The van der Waals surface area contributed by atoms with Crippen molar-refractivity contribution in [2.24, 2.45) is 11.8 Å². The van der Waals surface area contributed by atoms with Crippen molar-refractivity contribution in [2.45, 2.75) is 26.2 Å². The van der Waals surface area contributed by atoms with E-state index in [0.717, 1.165) is 22.5 Å². The van der Waals surface area contributed by atoms with Crippen molar-refractivity contribution in [1.29, 1.82) is 0 Å². The van der Waals surface area contributed by atoms with Gasteiger partial charge in [0.2, 0.25) is 17.7 Å². The third kappa shape index (κ3) is 5.12. The van der Waals surface area contributed by atoms with E-state index in [1.165, 1.54) is 11.3 Å². The van der Waals surface area contributed by atoms with Crippen molar-refractivity contribution < 1.29 is 14.4 Å². The van der Waals surface area contributed by atoms with Crippen LogP contribution in [0.15, 0.2) is 60.0 Å². The number of benzene rings is 2. The van der Waals surface area contributed by atoms with E-state index >= 15 is 0 Å². The Kier molecular flexibility index (Phi) is 6.63. The lowest BCUT2D eigenvalue weighted by Crippen LogP contribution is -2.44. The standard InChI is InChI=1S/C27H28N4O3S/c1-18-7-9-22(10-8-18)31-16-21(15-24(31)32)26(34)30-13-11-20(12-14-30)25(33)29-27-28-23(17-35-27)19-5-3-2-4-6-19/h2-10,17,20-21H,11-16H2,1H3,(H,28,29,33). The molecular weight excluding hydrogens is 460 g/mol. The second kappa shape index (κ2) is 10.00. The highest BCUT2D eigenvalue weighted by molar-refractivity contribution is 7.14. The Morgan fingerprint density at radius 1 is 1.00 bits per heavy atom. The number of thiazole rings is 1. The molecule has 0 radical (unpaired) electrons. The van der Waals surface area contributed by atoms with Crippen LogP contribution in [0.5, 0.6) is 0 Å². The number of nitrogens with one attached hydrogen (secondary N) is 1. The predicted octanol–water partition coefficient (Wildman–Crippen LogP) is 4.35. The number of amides is 3. The number of aryl methyl sites for hydroxylation is 1. The molecule has 2 aliphatic heterocycles. The SMILES string of the molecule is Cc1ccc(N2CC(C(=O)N3CCC(C(=O)Nc4nc(-c5ccccc5)cs4)CC3)CC2=O)cc1. The van der Waals surface area contributed by atoms with Crippen molar-refractivity contribution >= 4 is 39.9 Å². The summed E-state index contributed by atoms with van der Waals surface area (Å²) < 4.78 is 0. The van der Waals surface area contributed by atoms with E-state index in [4.69, 9.17) is 0 Å². The average molecular weight is 489 g/mol. The molecule has 2 aromatic carbocycles. The van der Waals surface area contributed by atoms with Crippen molar-refractivity contribution in [3.05, 3.63) is 65.5 Å². The van der Waals surface area contributed by atoms with Crippen LogP contribution >= 0.6 is 11.3 Å². The number of rotatable bonds is 5. The Labute approximate surface area is 208 Å². The molecular formula is C27H28N4O3S. The summed E-state index contributed by atoms with van der Waals surface area (Å²) in [5.74, 6) is -0.537. The molecule has 3 amide bonds. The summed E-state index contributed by atoms with van der Waals surface area (Å²) in [5, 5.41) is 5.48. The van der Waals surface area contributed by atoms with E-state index in [0.29, 0.717) is 37.6 Å². The quantitative estimate of drug-likeness (QED) is 0.579. The molecule has 3 aromatic rings. The van der Waals surface area contributed by atoms with Gasteiger partial charge in [0.1, 0.15) is 0 Å². The lowest BCUT2D eigenvalue weighted by molar-refractivity contribution is -0.138. The molecule has 180 valence electrons. The molecule has 35 heavy (non-hydrogen) atoms. The fraction of sp³-hybridized carbons (Fsp3) is 0.333. The molecule has 3 heterocycles. The number of likely N-dealkylation sites (tertiary alicyclic amines) is 1. The van der Waals surface area contributed by atoms with Gasteiger partial charge in [-0.05, 0) is 31.9 Å². The minimum atomic E-state index is -0.332. The molecule has 0 saturated carbocycles. The molecule has 8 heteroatoms. The van der Waals surface area contributed by atoms with Crippen LogP contribution in [-0.2, 0) is 14.4 Å². The first-order valence-electron chi connectivity index (χ1n) is 12.0. The smallest absolute Gasteiger partial charge is 0.229 e. The van der Waals surface area contributed by atoms with Gasteiger partial charge in [0, 0.05) is 48.6 Å². The van der Waals surface area contributed by atoms with Crippen LogP contribution in [0.3, 0.4) is 0 Å². The monoisotopic (exact) mass is 488 g/mol. The molecule has 2 fully saturated rings. The van der Waals surface area contributed by atoms with Crippen LogP contribution in [0.4, 0.5) is 10.8 Å². The van der Waals surface area contributed by atoms with E-state index in [9.17, 15) is 14.4 Å². The Hall–Kier alpha value is -3.52. The number of aromatic nitrogens is 1. The van der Waals surface area contributed by atoms with E-state index in [1.54, 1.807) is 4.90 Å². The van der Waals surface area contributed by atoms with Gasteiger partial charge in [-0.25, -0.2) is 4.98 Å². The highest BCUT2D eigenvalue weighted by atomic mass is 32.1. The minimum Gasteiger partial charge on any atom is -0.342 e. The van der Waals surface area contributed by atoms with Gasteiger partial charge in [-0.3, -0.25) is 14.4 Å². The van der Waals surface area contributed by atoms with Crippen LogP contribution < -0.4 is 10.2 Å². The van der Waals surface area contributed by atoms with E-state index in [-0.39, 0.29) is 36.0 Å². The first-order chi connectivity index (χ1) is 17.0. The molecule has 0 bridgehead atoms. The lowest BCUT2D eigenvalue weighted by atomic mass is 9.94. The zero-order chi connectivity index (χ0) is 24.4. The summed E-state index contributed by atoms with van der Waals surface area (Å²) in [6.45, 7) is 3.47. The fourth-order valence-corrected chi connectivity index (χ4v) is 5.47. The minimum absolute atomic E-state index is 0.0132. The van der Waals surface area contributed by atoms with Crippen LogP contribution in [0, 0.1) is 18.8 Å². The summed E-state index contributed by atoms with van der Waals surface area (Å²) in [6.07, 6.45) is 1.45. The molecule has 5 rings (SSSR count). The van der Waals surface area contributed by atoms with Crippen molar-refractivity contribution in [2.75, 3.05) is 29.9 Å². The molecule has 1 N–H and O–H groups in total. The van der Waals surface area contributed by atoms with Gasteiger partial charge in [0.25, 0.3) is 0 Å². The number of carbonyl (C=O) groups excluding carboxylic acids is 3. The van der Waals surface area contributed by atoms with E-state index < -0.39 is 0 Å². The number of nitrogens with zero attached hydrogens (tertiary/aromatic N) is 3. The van der Waals surface area contributed by atoms with Crippen LogP contribution in [0.2, 0.25) is 0 Å². The normalized spacial score (nSPS) is 18.7. The average Bonchev–Trinajstić information content (AvgIpc) is 3.51. The third-order valence-corrected chi connectivity index (χ3v) is 7.56. The summed E-state index contributed by atoms with van der Waals surface area (Å²) in [6, 6.07) is 17.7. The van der Waals surface area contributed by atoms with Crippen molar-refractivity contribution in [3.63, 3.8) is 0 Å². The van der Waals surface area contributed by atoms with Gasteiger partial charge < -0.3 is 15.1 Å². The maximum Gasteiger partial charge on any atom is 0.229 e. The van der Waals surface area contributed by atoms with Crippen molar-refractivity contribution in [3.8, 4) is 11.3 Å². The van der Waals surface area contributed by atoms with Crippen LogP contribution in [0.25, 0.3) is 11.3 Å². The zero-order valence-electron chi connectivity index (χ0n) is 19.6. The molecule has 0 spiro atoms. The summed E-state index contributed by atoms with van der Waals surface area (Å²) >= 11 is 1.41. The second-order valence-corrected chi connectivity index (χ2v) is 10.1. The molecule has 1 unspecified atom stereocenters. The first-order valence-corrected chi connectivity index (χ1v) is 12.8. The molecule has 1 atom stereocenters. The molecule has 7 nitrogen and oxygen atoms in total. The lowest BCUT2D eigenvalue weighted by Gasteiger charge is -2.32. The number of anilines is 2. The highest BCUT2D eigenvalue weighted by Gasteiger charge is 2.38. The Morgan fingerprint density at radius 2 is 1.71 bits per heavy atom. The third-order valence-electron chi connectivity index (χ3n) is 6.80. The topological polar surface area (TPSA) is 82.6 Å². The highest BCUT2D eigenvalue weighted by Crippen LogP contribution is 2.29.